The Morgan fingerprint density at radius 1 is 1.04 bits per heavy atom. The molecule has 2 aromatic carbocycles. The van der Waals surface area contributed by atoms with E-state index in [9.17, 15) is 13.2 Å². The highest BCUT2D eigenvalue weighted by molar-refractivity contribution is 7.89. The predicted octanol–water partition coefficient (Wildman–Crippen LogP) is 2.93. The minimum atomic E-state index is -3.43. The van der Waals surface area contributed by atoms with Crippen LogP contribution in [0.25, 0.3) is 0 Å². The first-order valence-electron chi connectivity index (χ1n) is 8.51. The van der Waals surface area contributed by atoms with Crippen LogP contribution in [0, 0.1) is 0 Å². The number of aryl methyl sites for hydroxylation is 1. The molecule has 0 unspecified atom stereocenters. The summed E-state index contributed by atoms with van der Waals surface area (Å²) in [6, 6.07) is 14.2. The molecule has 0 aromatic heterocycles. The summed E-state index contributed by atoms with van der Waals surface area (Å²) in [6.45, 7) is 2.59. The number of rotatable bonds is 9. The quantitative estimate of drug-likeness (QED) is 0.686. The van der Waals surface area contributed by atoms with Gasteiger partial charge in [-0.2, -0.15) is 0 Å². The largest absolute Gasteiger partial charge is 0.356 e. The molecule has 0 atom stereocenters. The van der Waals surface area contributed by atoms with Gasteiger partial charge < -0.3 is 5.32 Å². The average molecular weight is 395 g/mol. The van der Waals surface area contributed by atoms with E-state index in [2.05, 4.69) is 10.0 Å². The molecule has 0 saturated carbocycles. The van der Waals surface area contributed by atoms with Crippen molar-refractivity contribution in [2.45, 2.75) is 31.1 Å². The molecule has 7 heteroatoms. The monoisotopic (exact) mass is 394 g/mol. The van der Waals surface area contributed by atoms with Crippen LogP contribution in [0.15, 0.2) is 53.4 Å². The van der Waals surface area contributed by atoms with Crippen molar-refractivity contribution in [2.24, 2.45) is 0 Å². The van der Waals surface area contributed by atoms with Gasteiger partial charge in [0.2, 0.25) is 15.9 Å². The number of hydrogen-bond donors (Lipinski definition) is 2. The van der Waals surface area contributed by atoms with Gasteiger partial charge in [0.1, 0.15) is 0 Å². The van der Waals surface area contributed by atoms with Crippen molar-refractivity contribution >= 4 is 27.5 Å². The number of sulfonamides is 1. The molecule has 0 radical (unpaired) electrons. The van der Waals surface area contributed by atoms with Crippen LogP contribution < -0.4 is 10.0 Å². The van der Waals surface area contributed by atoms with Gasteiger partial charge in [-0.25, -0.2) is 13.1 Å². The zero-order valence-corrected chi connectivity index (χ0v) is 16.2. The normalized spacial score (nSPS) is 11.3. The molecule has 26 heavy (non-hydrogen) atoms. The molecule has 0 fully saturated rings. The van der Waals surface area contributed by atoms with Crippen molar-refractivity contribution in [3.8, 4) is 0 Å². The van der Waals surface area contributed by atoms with Crippen LogP contribution in [-0.4, -0.2) is 27.4 Å². The minimum absolute atomic E-state index is 0.0312. The van der Waals surface area contributed by atoms with Gasteiger partial charge in [-0.1, -0.05) is 48.9 Å². The molecule has 0 aliphatic heterocycles. The first-order chi connectivity index (χ1) is 12.4. The summed E-state index contributed by atoms with van der Waals surface area (Å²) < 4.78 is 26.2. The molecule has 2 aromatic rings. The van der Waals surface area contributed by atoms with Crippen molar-refractivity contribution in [1.82, 2.24) is 10.0 Å². The number of halogens is 1. The molecule has 0 heterocycles. The summed E-state index contributed by atoms with van der Waals surface area (Å²) in [5, 5.41) is 3.55. The van der Waals surface area contributed by atoms with E-state index in [0.29, 0.717) is 37.4 Å². The minimum Gasteiger partial charge on any atom is -0.356 e. The number of amides is 1. The second kappa shape index (κ2) is 9.71. The van der Waals surface area contributed by atoms with Crippen LogP contribution >= 0.6 is 11.6 Å². The second-order valence-electron chi connectivity index (χ2n) is 5.84. The van der Waals surface area contributed by atoms with E-state index in [1.54, 1.807) is 31.2 Å². The average Bonchev–Trinajstić information content (AvgIpc) is 2.61. The summed E-state index contributed by atoms with van der Waals surface area (Å²) in [6.07, 6.45) is 1.62. The third-order valence-electron chi connectivity index (χ3n) is 3.88. The van der Waals surface area contributed by atoms with Gasteiger partial charge in [0.15, 0.2) is 0 Å². The van der Waals surface area contributed by atoms with Gasteiger partial charge in [0, 0.05) is 24.5 Å². The number of hydrogen-bond acceptors (Lipinski definition) is 3. The first-order valence-corrected chi connectivity index (χ1v) is 10.4. The molecule has 1 amide bonds. The Bertz CT molecular complexity index is 836. The fourth-order valence-corrected chi connectivity index (χ4v) is 3.76. The van der Waals surface area contributed by atoms with Crippen LogP contribution in [0.1, 0.15) is 24.5 Å². The van der Waals surface area contributed by atoms with Crippen LogP contribution in [0.3, 0.4) is 0 Å². The number of benzene rings is 2. The Kier molecular flexibility index (Phi) is 7.63. The van der Waals surface area contributed by atoms with E-state index < -0.39 is 10.0 Å². The van der Waals surface area contributed by atoms with E-state index in [4.69, 9.17) is 11.6 Å². The van der Waals surface area contributed by atoms with Gasteiger partial charge in [-0.05, 0) is 42.2 Å². The number of carbonyl (C=O) groups is 1. The van der Waals surface area contributed by atoms with E-state index in [-0.39, 0.29) is 10.8 Å². The Morgan fingerprint density at radius 3 is 2.38 bits per heavy atom. The molecule has 0 bridgehead atoms. The van der Waals surface area contributed by atoms with Crippen LogP contribution in [0.5, 0.6) is 0 Å². The van der Waals surface area contributed by atoms with Gasteiger partial charge in [0.25, 0.3) is 0 Å². The molecule has 0 spiro atoms. The lowest BCUT2D eigenvalue weighted by Gasteiger charge is -2.08. The fraction of sp³-hybridized carbons (Fsp3) is 0.316. The molecule has 0 aliphatic rings. The predicted molar refractivity (Wildman–Crippen MR) is 104 cm³/mol. The Hall–Kier alpha value is -1.89. The highest BCUT2D eigenvalue weighted by atomic mass is 35.5. The molecule has 2 rings (SSSR count). The fourth-order valence-electron chi connectivity index (χ4n) is 2.49. The molecular weight excluding hydrogens is 372 g/mol. The topological polar surface area (TPSA) is 75.3 Å². The van der Waals surface area contributed by atoms with Crippen LogP contribution in [0.2, 0.25) is 5.02 Å². The van der Waals surface area contributed by atoms with Crippen LogP contribution in [-0.2, 0) is 27.7 Å². The zero-order chi connectivity index (χ0) is 19.0. The maximum atomic E-state index is 11.9. The lowest BCUT2D eigenvalue weighted by Crippen LogP contribution is -2.26. The van der Waals surface area contributed by atoms with E-state index in [0.717, 1.165) is 11.1 Å². The highest BCUT2D eigenvalue weighted by Crippen LogP contribution is 2.16. The molecule has 0 saturated heterocycles. The second-order valence-corrected chi connectivity index (χ2v) is 8.01. The number of carbonyl (C=O) groups excluding carboxylic acids is 1. The Labute approximate surface area is 159 Å². The molecule has 2 N–H and O–H groups in total. The lowest BCUT2D eigenvalue weighted by atomic mass is 10.1. The highest BCUT2D eigenvalue weighted by Gasteiger charge is 2.11. The van der Waals surface area contributed by atoms with E-state index >= 15 is 0 Å². The van der Waals surface area contributed by atoms with Gasteiger partial charge in [0.05, 0.1) is 4.90 Å². The first kappa shape index (κ1) is 20.4. The van der Waals surface area contributed by atoms with Crippen molar-refractivity contribution in [3.63, 3.8) is 0 Å². The van der Waals surface area contributed by atoms with Gasteiger partial charge in [-0.15, -0.1) is 0 Å². The molecule has 5 nitrogen and oxygen atoms in total. The zero-order valence-electron chi connectivity index (χ0n) is 14.7. The Morgan fingerprint density at radius 2 is 1.73 bits per heavy atom. The van der Waals surface area contributed by atoms with E-state index in [1.807, 2.05) is 24.3 Å². The molecule has 140 valence electrons. The van der Waals surface area contributed by atoms with Gasteiger partial charge in [-0.3, -0.25) is 4.79 Å². The third-order valence-corrected chi connectivity index (χ3v) is 5.81. The SMILES string of the molecule is CCNS(=O)(=O)c1ccc(CCNC(=O)CCc2ccccc2Cl)cc1. The smallest absolute Gasteiger partial charge is 0.240 e. The van der Waals surface area contributed by atoms with Crippen molar-refractivity contribution in [3.05, 3.63) is 64.7 Å². The summed E-state index contributed by atoms with van der Waals surface area (Å²) in [7, 11) is -3.43. The van der Waals surface area contributed by atoms with Gasteiger partial charge >= 0.3 is 0 Å². The van der Waals surface area contributed by atoms with Crippen molar-refractivity contribution in [2.75, 3.05) is 13.1 Å². The summed E-state index contributed by atoms with van der Waals surface area (Å²) >= 11 is 6.08. The molecule has 0 aliphatic carbocycles. The molecular formula is C19H23ClN2O3S. The maximum Gasteiger partial charge on any atom is 0.240 e. The van der Waals surface area contributed by atoms with Crippen molar-refractivity contribution in [1.29, 1.82) is 0 Å². The summed E-state index contributed by atoms with van der Waals surface area (Å²) in [5.41, 5.74) is 1.92. The van der Waals surface area contributed by atoms with Crippen molar-refractivity contribution < 1.29 is 13.2 Å². The maximum absolute atomic E-state index is 11.9. The lowest BCUT2D eigenvalue weighted by molar-refractivity contribution is -0.121. The summed E-state index contributed by atoms with van der Waals surface area (Å²) in [5.74, 6) is -0.0312. The van der Waals surface area contributed by atoms with Crippen LogP contribution in [0.4, 0.5) is 0 Å². The summed E-state index contributed by atoms with van der Waals surface area (Å²) in [4.78, 5) is 12.2. The third kappa shape index (κ3) is 6.12. The van der Waals surface area contributed by atoms with E-state index in [1.165, 1.54) is 0 Å². The number of nitrogens with one attached hydrogen (secondary N) is 2. The Balaban J connectivity index is 1.77. The standard InChI is InChI=1S/C19H23ClN2O3S/c1-2-22-26(24,25)17-10-7-15(8-11-17)13-14-21-19(23)12-9-16-5-3-4-6-18(16)20/h3-8,10-11,22H,2,9,12-14H2,1H3,(H,21,23).